The maximum atomic E-state index is 11.7. The van der Waals surface area contributed by atoms with Crippen molar-refractivity contribution in [1.82, 2.24) is 5.32 Å². The fourth-order valence-electron chi connectivity index (χ4n) is 1.25. The van der Waals surface area contributed by atoms with Crippen molar-refractivity contribution in [2.24, 2.45) is 0 Å². The van der Waals surface area contributed by atoms with E-state index in [1.54, 1.807) is 13.0 Å². The van der Waals surface area contributed by atoms with E-state index < -0.39 is 5.97 Å². The van der Waals surface area contributed by atoms with Crippen LogP contribution in [0.3, 0.4) is 0 Å². The second-order valence-corrected chi connectivity index (χ2v) is 5.35. The molecule has 0 spiro atoms. The van der Waals surface area contributed by atoms with Gasteiger partial charge >= 0.3 is 5.97 Å². The molecule has 0 aliphatic rings. The standard InChI is InChI=1S/C11H14ClNO4S/c1-7(8-2-3-9(12)18-8)11(16)13-4-5-17-6-10(14)15/h2-3,7H,4-6H2,1H3,(H,13,16)(H,14,15). The van der Waals surface area contributed by atoms with Gasteiger partial charge in [-0.15, -0.1) is 11.3 Å². The van der Waals surface area contributed by atoms with E-state index in [2.05, 4.69) is 5.32 Å². The van der Waals surface area contributed by atoms with E-state index in [4.69, 9.17) is 21.4 Å². The topological polar surface area (TPSA) is 75.6 Å². The molecule has 0 bridgehead atoms. The molecule has 1 unspecified atom stereocenters. The zero-order valence-electron chi connectivity index (χ0n) is 9.81. The molecule has 5 nitrogen and oxygen atoms in total. The Morgan fingerprint density at radius 1 is 1.56 bits per heavy atom. The van der Waals surface area contributed by atoms with Crippen LogP contribution in [-0.2, 0) is 14.3 Å². The molecule has 7 heteroatoms. The summed E-state index contributed by atoms with van der Waals surface area (Å²) < 4.78 is 5.45. The summed E-state index contributed by atoms with van der Waals surface area (Å²) in [5.41, 5.74) is 0. The van der Waals surface area contributed by atoms with Crippen LogP contribution in [0.2, 0.25) is 4.34 Å². The van der Waals surface area contributed by atoms with Crippen molar-refractivity contribution in [1.29, 1.82) is 0 Å². The summed E-state index contributed by atoms with van der Waals surface area (Å²) >= 11 is 7.16. The Hall–Kier alpha value is -1.11. The third-order valence-electron chi connectivity index (χ3n) is 2.19. The van der Waals surface area contributed by atoms with Crippen LogP contribution in [0, 0.1) is 0 Å². The van der Waals surface area contributed by atoms with Gasteiger partial charge in [0.2, 0.25) is 5.91 Å². The molecule has 0 radical (unpaired) electrons. The zero-order chi connectivity index (χ0) is 13.5. The molecular formula is C11H14ClNO4S. The van der Waals surface area contributed by atoms with Crippen molar-refractivity contribution < 1.29 is 19.4 Å². The van der Waals surface area contributed by atoms with Crippen molar-refractivity contribution in [2.45, 2.75) is 12.8 Å². The van der Waals surface area contributed by atoms with Gasteiger partial charge in [0.15, 0.2) is 0 Å². The highest BCUT2D eigenvalue weighted by molar-refractivity contribution is 7.16. The minimum absolute atomic E-state index is 0.132. The molecule has 100 valence electrons. The lowest BCUT2D eigenvalue weighted by Gasteiger charge is -2.10. The molecule has 1 aromatic rings. The second kappa shape index (κ2) is 7.35. The molecule has 1 heterocycles. The molecule has 0 aliphatic carbocycles. The number of thiophene rings is 1. The number of aliphatic carboxylic acids is 1. The van der Waals surface area contributed by atoms with Crippen LogP contribution in [-0.4, -0.2) is 36.7 Å². The van der Waals surface area contributed by atoms with Gasteiger partial charge in [0.05, 0.1) is 16.9 Å². The SMILES string of the molecule is CC(C(=O)NCCOCC(=O)O)c1ccc(Cl)s1. The summed E-state index contributed by atoms with van der Waals surface area (Å²) in [6, 6.07) is 3.57. The third-order valence-corrected chi connectivity index (χ3v) is 3.60. The van der Waals surface area contributed by atoms with Gasteiger partial charge in [0.1, 0.15) is 6.61 Å². The molecule has 0 aromatic carbocycles. The summed E-state index contributed by atoms with van der Waals surface area (Å²) in [6.45, 7) is 1.90. The van der Waals surface area contributed by atoms with Gasteiger partial charge in [-0.1, -0.05) is 11.6 Å². The molecule has 2 N–H and O–H groups in total. The molecular weight excluding hydrogens is 278 g/mol. The Bertz CT molecular complexity index is 421. The molecule has 1 aromatic heterocycles. The van der Waals surface area contributed by atoms with Crippen molar-refractivity contribution in [3.05, 3.63) is 21.3 Å². The fourth-order valence-corrected chi connectivity index (χ4v) is 2.36. The third kappa shape index (κ3) is 5.03. The Kier molecular flexibility index (Phi) is 6.11. The van der Waals surface area contributed by atoms with Crippen LogP contribution in [0.4, 0.5) is 0 Å². The quantitative estimate of drug-likeness (QED) is 0.750. The lowest BCUT2D eigenvalue weighted by atomic mass is 10.1. The van der Waals surface area contributed by atoms with E-state index in [1.165, 1.54) is 11.3 Å². The predicted molar refractivity (Wildman–Crippen MR) is 69.2 cm³/mol. The largest absolute Gasteiger partial charge is 0.480 e. The molecule has 0 fully saturated rings. The normalized spacial score (nSPS) is 12.1. The van der Waals surface area contributed by atoms with Crippen LogP contribution in [0.25, 0.3) is 0 Å². The average Bonchev–Trinajstić information content (AvgIpc) is 2.73. The Morgan fingerprint density at radius 3 is 2.83 bits per heavy atom. The number of carbonyl (C=O) groups is 2. The number of carbonyl (C=O) groups excluding carboxylic acids is 1. The average molecular weight is 292 g/mol. The fraction of sp³-hybridized carbons (Fsp3) is 0.455. The Morgan fingerprint density at radius 2 is 2.28 bits per heavy atom. The van der Waals surface area contributed by atoms with Crippen molar-refractivity contribution >= 4 is 34.8 Å². The van der Waals surface area contributed by atoms with Gasteiger partial charge < -0.3 is 15.2 Å². The predicted octanol–water partition coefficient (Wildman–Crippen LogP) is 1.72. The number of ether oxygens (including phenoxy) is 1. The van der Waals surface area contributed by atoms with Crippen LogP contribution >= 0.6 is 22.9 Å². The number of nitrogens with one attached hydrogen (secondary N) is 1. The first kappa shape index (κ1) is 14.9. The Labute approximate surface area is 114 Å². The number of halogens is 1. The number of carboxylic acid groups (broad SMARTS) is 1. The number of carboxylic acids is 1. The first-order chi connectivity index (χ1) is 8.50. The van der Waals surface area contributed by atoms with E-state index in [-0.39, 0.29) is 31.6 Å². The Balaban J connectivity index is 2.26. The van der Waals surface area contributed by atoms with E-state index >= 15 is 0 Å². The van der Waals surface area contributed by atoms with Gasteiger partial charge in [0.25, 0.3) is 0 Å². The highest BCUT2D eigenvalue weighted by atomic mass is 35.5. The number of rotatable bonds is 7. The van der Waals surface area contributed by atoms with Gasteiger partial charge in [0, 0.05) is 11.4 Å². The molecule has 0 saturated heterocycles. The van der Waals surface area contributed by atoms with Gasteiger partial charge in [-0.3, -0.25) is 4.79 Å². The highest BCUT2D eigenvalue weighted by Gasteiger charge is 2.16. The highest BCUT2D eigenvalue weighted by Crippen LogP contribution is 2.27. The summed E-state index contributed by atoms with van der Waals surface area (Å²) in [5, 5.41) is 11.0. The molecule has 0 aliphatic heterocycles. The monoisotopic (exact) mass is 291 g/mol. The molecule has 0 saturated carbocycles. The lowest BCUT2D eigenvalue weighted by molar-refractivity contribution is -0.142. The molecule has 1 rings (SSSR count). The summed E-state index contributed by atoms with van der Waals surface area (Å²) in [4.78, 5) is 22.8. The minimum atomic E-state index is -1.03. The molecule has 18 heavy (non-hydrogen) atoms. The van der Waals surface area contributed by atoms with E-state index in [0.717, 1.165) is 4.88 Å². The smallest absolute Gasteiger partial charge is 0.329 e. The van der Waals surface area contributed by atoms with E-state index in [0.29, 0.717) is 4.34 Å². The van der Waals surface area contributed by atoms with E-state index in [1.807, 2.05) is 6.07 Å². The summed E-state index contributed by atoms with van der Waals surface area (Å²) in [6.07, 6.45) is 0. The number of amides is 1. The maximum Gasteiger partial charge on any atom is 0.329 e. The number of hydrogen-bond acceptors (Lipinski definition) is 4. The van der Waals surface area contributed by atoms with Crippen LogP contribution in [0.1, 0.15) is 17.7 Å². The molecule has 1 atom stereocenters. The number of hydrogen-bond donors (Lipinski definition) is 2. The zero-order valence-corrected chi connectivity index (χ0v) is 11.4. The summed E-state index contributed by atoms with van der Waals surface area (Å²) in [7, 11) is 0. The first-order valence-electron chi connectivity index (χ1n) is 5.33. The first-order valence-corrected chi connectivity index (χ1v) is 6.52. The van der Waals surface area contributed by atoms with Crippen molar-refractivity contribution in [3.8, 4) is 0 Å². The van der Waals surface area contributed by atoms with E-state index in [9.17, 15) is 9.59 Å². The minimum Gasteiger partial charge on any atom is -0.480 e. The lowest BCUT2D eigenvalue weighted by Crippen LogP contribution is -2.31. The maximum absolute atomic E-state index is 11.7. The van der Waals surface area contributed by atoms with Gasteiger partial charge in [-0.2, -0.15) is 0 Å². The van der Waals surface area contributed by atoms with Crippen LogP contribution in [0.5, 0.6) is 0 Å². The van der Waals surface area contributed by atoms with Crippen LogP contribution < -0.4 is 5.32 Å². The van der Waals surface area contributed by atoms with Gasteiger partial charge in [-0.25, -0.2) is 4.79 Å². The molecule has 1 amide bonds. The van der Waals surface area contributed by atoms with Crippen molar-refractivity contribution in [2.75, 3.05) is 19.8 Å². The summed E-state index contributed by atoms with van der Waals surface area (Å²) in [5.74, 6) is -1.43. The van der Waals surface area contributed by atoms with Gasteiger partial charge in [-0.05, 0) is 19.1 Å². The van der Waals surface area contributed by atoms with Crippen LogP contribution in [0.15, 0.2) is 12.1 Å². The van der Waals surface area contributed by atoms with Crippen molar-refractivity contribution in [3.63, 3.8) is 0 Å². The second-order valence-electron chi connectivity index (χ2n) is 3.60.